The molecule has 0 spiro atoms. The van der Waals surface area contributed by atoms with Gasteiger partial charge in [-0.05, 0) is 0 Å². The average molecular weight is 129 g/mol. The molecule has 0 bridgehead atoms. The van der Waals surface area contributed by atoms with Crippen LogP contribution in [0, 0.1) is 6.92 Å². The van der Waals surface area contributed by atoms with Crippen LogP contribution in [0.15, 0.2) is 0 Å². The molecular weight excluding hydrogens is 125 g/mol. The number of rotatable bonds is 0. The molecule has 0 heterocycles. The molecule has 1 radical (unpaired) electrons. The van der Waals surface area contributed by atoms with Gasteiger partial charge in [-0.2, -0.15) is 13.2 Å². The van der Waals surface area contributed by atoms with Crippen LogP contribution < -0.4 is 0 Å². The Morgan fingerprint density at radius 2 is 1.25 bits per heavy atom. The zero-order chi connectivity index (χ0) is 7.00. The topological polar surface area (TPSA) is 40.5 Å². The van der Waals surface area contributed by atoms with Crippen LogP contribution in [0.4, 0.5) is 13.2 Å². The lowest BCUT2D eigenvalue weighted by Crippen LogP contribution is -2.41. The number of hydrogen-bond acceptors (Lipinski definition) is 2. The Balaban J connectivity index is 4.02. The Morgan fingerprint density at radius 1 is 1.12 bits per heavy atom. The van der Waals surface area contributed by atoms with Gasteiger partial charge in [0.1, 0.15) is 0 Å². The van der Waals surface area contributed by atoms with Crippen LogP contribution >= 0.6 is 0 Å². The predicted octanol–water partition coefficient (Wildman–Crippen LogP) is 0.0637. The highest BCUT2D eigenvalue weighted by Crippen LogP contribution is 2.26. The van der Waals surface area contributed by atoms with E-state index in [4.69, 9.17) is 10.2 Å². The summed E-state index contributed by atoms with van der Waals surface area (Å²) in [5.41, 5.74) is 0. The fourth-order valence-corrected chi connectivity index (χ4v) is 0. The van der Waals surface area contributed by atoms with Crippen molar-refractivity contribution in [2.75, 3.05) is 0 Å². The summed E-state index contributed by atoms with van der Waals surface area (Å²) in [5, 5.41) is 15.3. The van der Waals surface area contributed by atoms with E-state index in [1.807, 2.05) is 6.92 Å². The number of hydrogen-bond donors (Lipinski definition) is 2. The van der Waals surface area contributed by atoms with E-state index in [-0.39, 0.29) is 0 Å². The first-order valence-electron chi connectivity index (χ1n) is 1.62. The van der Waals surface area contributed by atoms with Gasteiger partial charge >= 0.3 is 6.18 Å². The standard InChI is InChI=1S/C3H4F3O2/c1-2(7,8)3(4,5)6/h7-8H,1H2. The minimum atomic E-state index is -5.06. The summed E-state index contributed by atoms with van der Waals surface area (Å²) in [5.74, 6) is -3.81. The molecule has 2 N–H and O–H groups in total. The molecule has 0 rings (SSSR count). The van der Waals surface area contributed by atoms with Gasteiger partial charge in [0.05, 0.1) is 0 Å². The molecule has 0 fully saturated rings. The molecule has 0 unspecified atom stereocenters. The minimum Gasteiger partial charge on any atom is -0.359 e. The molecular formula is C3H4F3O2. The lowest BCUT2D eigenvalue weighted by atomic mass is 10.3. The van der Waals surface area contributed by atoms with Crippen molar-refractivity contribution in [3.63, 3.8) is 0 Å². The van der Waals surface area contributed by atoms with Crippen molar-refractivity contribution >= 4 is 0 Å². The summed E-state index contributed by atoms with van der Waals surface area (Å²) >= 11 is 0. The minimum absolute atomic E-state index is 2.03. The Kier molecular flexibility index (Phi) is 1.54. The second-order valence-corrected chi connectivity index (χ2v) is 1.31. The zero-order valence-electron chi connectivity index (χ0n) is 3.74. The largest absolute Gasteiger partial charge is 0.442 e. The molecule has 0 amide bonds. The van der Waals surface area contributed by atoms with Gasteiger partial charge in [-0.15, -0.1) is 0 Å². The average Bonchev–Trinajstić information content (AvgIpc) is 1.25. The van der Waals surface area contributed by atoms with Crippen LogP contribution in [-0.4, -0.2) is 22.2 Å². The lowest BCUT2D eigenvalue weighted by molar-refractivity contribution is -0.325. The molecule has 8 heavy (non-hydrogen) atoms. The molecule has 0 aromatic carbocycles. The first-order chi connectivity index (χ1) is 3.25. The van der Waals surface area contributed by atoms with Crippen LogP contribution in [0.5, 0.6) is 0 Å². The lowest BCUT2D eigenvalue weighted by Gasteiger charge is -2.18. The van der Waals surface area contributed by atoms with Gasteiger partial charge in [-0.25, -0.2) is 0 Å². The third-order valence-electron chi connectivity index (χ3n) is 0.454. The maximum Gasteiger partial charge on any atom is 0.442 e. The Labute approximate surface area is 43.6 Å². The summed E-state index contributed by atoms with van der Waals surface area (Å²) in [4.78, 5) is 0. The monoisotopic (exact) mass is 129 g/mol. The van der Waals surface area contributed by atoms with E-state index in [2.05, 4.69) is 0 Å². The van der Waals surface area contributed by atoms with Crippen LogP contribution in [0.3, 0.4) is 0 Å². The second-order valence-electron chi connectivity index (χ2n) is 1.31. The zero-order valence-corrected chi connectivity index (χ0v) is 3.74. The van der Waals surface area contributed by atoms with Crippen molar-refractivity contribution in [2.24, 2.45) is 0 Å². The van der Waals surface area contributed by atoms with Crippen LogP contribution in [0.1, 0.15) is 0 Å². The van der Waals surface area contributed by atoms with E-state index in [0.717, 1.165) is 0 Å². The Bertz CT molecular complexity index is 67.5. The van der Waals surface area contributed by atoms with Gasteiger partial charge in [0.2, 0.25) is 0 Å². The van der Waals surface area contributed by atoms with Gasteiger partial charge in [-0.3, -0.25) is 0 Å². The molecule has 0 atom stereocenters. The van der Waals surface area contributed by atoms with Crippen molar-refractivity contribution in [2.45, 2.75) is 12.0 Å². The summed E-state index contributed by atoms with van der Waals surface area (Å²) in [6.07, 6.45) is -5.06. The second kappa shape index (κ2) is 1.60. The molecule has 0 aliphatic heterocycles. The fraction of sp³-hybridized carbons (Fsp3) is 0.667. The summed E-state index contributed by atoms with van der Waals surface area (Å²) in [7, 11) is 0. The van der Waals surface area contributed by atoms with E-state index in [1.54, 1.807) is 0 Å². The van der Waals surface area contributed by atoms with Gasteiger partial charge in [0.25, 0.3) is 5.79 Å². The van der Waals surface area contributed by atoms with E-state index in [9.17, 15) is 13.2 Å². The van der Waals surface area contributed by atoms with Crippen LogP contribution in [-0.2, 0) is 0 Å². The van der Waals surface area contributed by atoms with Gasteiger partial charge < -0.3 is 10.2 Å². The van der Waals surface area contributed by atoms with Crippen molar-refractivity contribution in [1.82, 2.24) is 0 Å². The molecule has 0 aliphatic rings. The summed E-state index contributed by atoms with van der Waals surface area (Å²) in [6.45, 7) is 2.03. The van der Waals surface area contributed by atoms with Gasteiger partial charge in [0.15, 0.2) is 0 Å². The number of aliphatic hydroxyl groups is 2. The Morgan fingerprint density at radius 3 is 1.25 bits per heavy atom. The smallest absolute Gasteiger partial charge is 0.359 e. The third kappa shape index (κ3) is 1.67. The van der Waals surface area contributed by atoms with Gasteiger partial charge in [-0.1, -0.05) is 0 Å². The molecule has 0 aliphatic carbocycles. The normalized spacial score (nSPS) is 14.2. The quantitative estimate of drug-likeness (QED) is 0.454. The number of halogens is 3. The first-order valence-corrected chi connectivity index (χ1v) is 1.62. The number of alkyl halides is 3. The molecule has 2 nitrogen and oxygen atoms in total. The summed E-state index contributed by atoms with van der Waals surface area (Å²) in [6, 6.07) is 0. The van der Waals surface area contributed by atoms with E-state index in [1.165, 1.54) is 0 Å². The SMILES string of the molecule is [CH2]C(O)(O)C(F)(F)F. The molecule has 0 saturated heterocycles. The highest BCUT2D eigenvalue weighted by molar-refractivity contribution is 4.75. The molecule has 0 aromatic rings. The van der Waals surface area contributed by atoms with E-state index >= 15 is 0 Å². The molecule has 0 aromatic heterocycles. The van der Waals surface area contributed by atoms with E-state index < -0.39 is 12.0 Å². The van der Waals surface area contributed by atoms with Gasteiger partial charge in [0, 0.05) is 6.92 Å². The van der Waals surface area contributed by atoms with Crippen molar-refractivity contribution < 1.29 is 23.4 Å². The van der Waals surface area contributed by atoms with Crippen molar-refractivity contribution in [1.29, 1.82) is 0 Å². The third-order valence-corrected chi connectivity index (χ3v) is 0.454. The van der Waals surface area contributed by atoms with Crippen LogP contribution in [0.25, 0.3) is 0 Å². The maximum atomic E-state index is 11.0. The Hall–Kier alpha value is -0.290. The molecule has 0 saturated carbocycles. The van der Waals surface area contributed by atoms with Crippen LogP contribution in [0.2, 0.25) is 0 Å². The highest BCUT2D eigenvalue weighted by atomic mass is 19.4. The fourth-order valence-electron chi connectivity index (χ4n) is 0. The van der Waals surface area contributed by atoms with E-state index in [0.29, 0.717) is 0 Å². The molecule has 49 valence electrons. The predicted molar refractivity (Wildman–Crippen MR) is 18.6 cm³/mol. The van der Waals surface area contributed by atoms with Crippen molar-refractivity contribution in [3.8, 4) is 0 Å². The van der Waals surface area contributed by atoms with Crippen molar-refractivity contribution in [3.05, 3.63) is 6.92 Å². The first kappa shape index (κ1) is 7.71. The molecule has 5 heteroatoms. The highest BCUT2D eigenvalue weighted by Gasteiger charge is 2.48. The summed E-state index contributed by atoms with van der Waals surface area (Å²) < 4.78 is 33.0. The maximum absolute atomic E-state index is 11.0.